The van der Waals surface area contributed by atoms with Gasteiger partial charge in [0.15, 0.2) is 0 Å². The van der Waals surface area contributed by atoms with Gasteiger partial charge in [0.05, 0.1) is 17.7 Å². The van der Waals surface area contributed by atoms with E-state index >= 15 is 0 Å². The fourth-order valence-corrected chi connectivity index (χ4v) is 2.55. The summed E-state index contributed by atoms with van der Waals surface area (Å²) >= 11 is 0. The van der Waals surface area contributed by atoms with Gasteiger partial charge in [-0.15, -0.1) is 0 Å². The second-order valence-corrected chi connectivity index (χ2v) is 5.41. The molecule has 0 bridgehead atoms. The van der Waals surface area contributed by atoms with Crippen molar-refractivity contribution < 1.29 is 9.13 Å². The Morgan fingerprint density at radius 3 is 2.76 bits per heavy atom. The van der Waals surface area contributed by atoms with Crippen LogP contribution in [0.15, 0.2) is 18.2 Å². The van der Waals surface area contributed by atoms with Gasteiger partial charge in [-0.1, -0.05) is 6.07 Å². The first-order valence-corrected chi connectivity index (χ1v) is 7.45. The minimum Gasteiger partial charge on any atom is -0.378 e. The van der Waals surface area contributed by atoms with Crippen molar-refractivity contribution in [2.75, 3.05) is 26.2 Å². The molecule has 2 N–H and O–H groups in total. The number of benzene rings is 1. The zero-order valence-corrected chi connectivity index (χ0v) is 12.2. The van der Waals surface area contributed by atoms with E-state index in [-0.39, 0.29) is 5.82 Å². The third-order valence-corrected chi connectivity index (χ3v) is 3.81. The van der Waals surface area contributed by atoms with E-state index in [9.17, 15) is 4.39 Å². The first kappa shape index (κ1) is 15.9. The molecule has 5 heteroatoms. The molecule has 1 saturated heterocycles. The zero-order chi connectivity index (χ0) is 15.1. The number of rotatable bonds is 6. The Morgan fingerprint density at radius 1 is 1.38 bits per heavy atom. The van der Waals surface area contributed by atoms with E-state index in [0.717, 1.165) is 39.0 Å². The topological polar surface area (TPSA) is 62.3 Å². The van der Waals surface area contributed by atoms with Crippen LogP contribution >= 0.6 is 0 Å². The molecular formula is C16H22FN3O. The van der Waals surface area contributed by atoms with Crippen molar-refractivity contribution in [3.05, 3.63) is 35.1 Å². The van der Waals surface area contributed by atoms with Crippen LogP contribution in [0.4, 0.5) is 4.39 Å². The van der Waals surface area contributed by atoms with Crippen molar-refractivity contribution in [2.24, 2.45) is 5.73 Å². The number of nitrogens with zero attached hydrogens (tertiary/aromatic N) is 2. The van der Waals surface area contributed by atoms with Crippen molar-refractivity contribution in [2.45, 2.75) is 31.9 Å². The van der Waals surface area contributed by atoms with Crippen LogP contribution in [0.5, 0.6) is 0 Å². The van der Waals surface area contributed by atoms with Crippen LogP contribution in [0.25, 0.3) is 0 Å². The lowest BCUT2D eigenvalue weighted by Crippen LogP contribution is -2.37. The van der Waals surface area contributed by atoms with Crippen LogP contribution in [0.3, 0.4) is 0 Å². The molecule has 114 valence electrons. The van der Waals surface area contributed by atoms with Crippen molar-refractivity contribution in [1.82, 2.24) is 4.90 Å². The third kappa shape index (κ3) is 4.78. The number of likely N-dealkylation sites (tertiary alicyclic amines) is 1. The summed E-state index contributed by atoms with van der Waals surface area (Å²) in [5.74, 6) is -0.296. The fraction of sp³-hybridized carbons (Fsp3) is 0.562. The number of piperidine rings is 1. The van der Waals surface area contributed by atoms with Gasteiger partial charge in [-0.25, -0.2) is 4.39 Å². The summed E-state index contributed by atoms with van der Waals surface area (Å²) in [7, 11) is 0. The van der Waals surface area contributed by atoms with Gasteiger partial charge in [0.25, 0.3) is 0 Å². The summed E-state index contributed by atoms with van der Waals surface area (Å²) in [6.07, 6.45) is 3.15. The summed E-state index contributed by atoms with van der Waals surface area (Å²) in [5, 5.41) is 8.74. The van der Waals surface area contributed by atoms with Gasteiger partial charge >= 0.3 is 0 Å². The quantitative estimate of drug-likeness (QED) is 0.815. The fourth-order valence-electron chi connectivity index (χ4n) is 2.55. The van der Waals surface area contributed by atoms with Gasteiger partial charge in [-0.3, -0.25) is 4.90 Å². The van der Waals surface area contributed by atoms with Crippen LogP contribution < -0.4 is 5.73 Å². The van der Waals surface area contributed by atoms with Crippen molar-refractivity contribution in [3.63, 3.8) is 0 Å². The highest BCUT2D eigenvalue weighted by molar-refractivity contribution is 5.32. The van der Waals surface area contributed by atoms with Crippen LogP contribution in [0.1, 0.15) is 30.4 Å². The normalized spacial score (nSPS) is 16.8. The van der Waals surface area contributed by atoms with Crippen LogP contribution in [0.2, 0.25) is 0 Å². The molecule has 0 aromatic heterocycles. The highest BCUT2D eigenvalue weighted by Gasteiger charge is 2.20. The van der Waals surface area contributed by atoms with Crippen molar-refractivity contribution in [3.8, 4) is 6.07 Å². The standard InChI is InChI=1S/C16H22FN3O/c17-16-10-13(11-19)2-3-14(16)12-20-7-4-15(5-8-20)21-9-1-6-18/h2-3,10,15H,1,4-9,12,18H2. The average Bonchev–Trinajstić information content (AvgIpc) is 2.51. The molecule has 21 heavy (non-hydrogen) atoms. The van der Waals surface area contributed by atoms with E-state index < -0.39 is 0 Å². The molecule has 0 atom stereocenters. The molecule has 1 aliphatic rings. The predicted octanol–water partition coefficient (Wildman–Crippen LogP) is 2.03. The van der Waals surface area contributed by atoms with E-state index in [4.69, 9.17) is 15.7 Å². The lowest BCUT2D eigenvalue weighted by atomic mass is 10.1. The van der Waals surface area contributed by atoms with Crippen LogP contribution in [-0.4, -0.2) is 37.2 Å². The maximum Gasteiger partial charge on any atom is 0.129 e. The Labute approximate surface area is 125 Å². The van der Waals surface area contributed by atoms with Gasteiger partial charge in [0, 0.05) is 31.8 Å². The van der Waals surface area contributed by atoms with E-state index in [2.05, 4.69) is 4.90 Å². The Morgan fingerprint density at radius 2 is 2.14 bits per heavy atom. The number of ether oxygens (including phenoxy) is 1. The Hall–Kier alpha value is -1.48. The van der Waals surface area contributed by atoms with Crippen molar-refractivity contribution in [1.29, 1.82) is 5.26 Å². The molecule has 0 amide bonds. The maximum atomic E-state index is 13.9. The highest BCUT2D eigenvalue weighted by atomic mass is 19.1. The van der Waals surface area contributed by atoms with Crippen LogP contribution in [0, 0.1) is 17.1 Å². The zero-order valence-electron chi connectivity index (χ0n) is 12.2. The van der Waals surface area contributed by atoms with E-state index in [1.807, 2.05) is 6.07 Å². The van der Waals surface area contributed by atoms with E-state index in [1.165, 1.54) is 6.07 Å². The predicted molar refractivity (Wildman–Crippen MR) is 79.0 cm³/mol. The Balaban J connectivity index is 1.80. The number of nitriles is 1. The van der Waals surface area contributed by atoms with E-state index in [0.29, 0.717) is 30.3 Å². The summed E-state index contributed by atoms with van der Waals surface area (Å²) < 4.78 is 19.6. The number of halogens is 1. The monoisotopic (exact) mass is 291 g/mol. The summed E-state index contributed by atoms with van der Waals surface area (Å²) in [6.45, 7) is 3.80. The van der Waals surface area contributed by atoms with E-state index in [1.54, 1.807) is 12.1 Å². The number of hydrogen-bond acceptors (Lipinski definition) is 4. The largest absolute Gasteiger partial charge is 0.378 e. The molecule has 0 saturated carbocycles. The van der Waals surface area contributed by atoms with Gasteiger partial charge in [0.1, 0.15) is 5.82 Å². The van der Waals surface area contributed by atoms with Gasteiger partial charge in [0.2, 0.25) is 0 Å². The molecule has 1 heterocycles. The first-order chi connectivity index (χ1) is 10.2. The summed E-state index contributed by atoms with van der Waals surface area (Å²) in [6, 6.07) is 6.63. The lowest BCUT2D eigenvalue weighted by Gasteiger charge is -2.32. The SMILES string of the molecule is N#Cc1ccc(CN2CCC(OCCCN)CC2)c(F)c1. The molecule has 1 aliphatic heterocycles. The molecule has 0 unspecified atom stereocenters. The summed E-state index contributed by atoms with van der Waals surface area (Å²) in [5.41, 5.74) is 6.46. The molecule has 1 fully saturated rings. The number of nitrogens with two attached hydrogens (primary N) is 1. The molecular weight excluding hydrogens is 269 g/mol. The van der Waals surface area contributed by atoms with Crippen molar-refractivity contribution >= 4 is 0 Å². The minimum atomic E-state index is -0.296. The molecule has 2 rings (SSSR count). The van der Waals surface area contributed by atoms with Gasteiger partial charge in [-0.2, -0.15) is 5.26 Å². The maximum absolute atomic E-state index is 13.9. The van der Waals surface area contributed by atoms with Crippen LogP contribution in [-0.2, 0) is 11.3 Å². The minimum absolute atomic E-state index is 0.296. The first-order valence-electron chi connectivity index (χ1n) is 7.45. The van der Waals surface area contributed by atoms with Gasteiger partial charge in [-0.05, 0) is 37.9 Å². The molecule has 0 spiro atoms. The second-order valence-electron chi connectivity index (χ2n) is 5.41. The highest BCUT2D eigenvalue weighted by Crippen LogP contribution is 2.18. The van der Waals surface area contributed by atoms with Gasteiger partial charge < -0.3 is 10.5 Å². The Bertz CT molecular complexity index is 493. The molecule has 0 aliphatic carbocycles. The molecule has 4 nitrogen and oxygen atoms in total. The third-order valence-electron chi connectivity index (χ3n) is 3.81. The smallest absolute Gasteiger partial charge is 0.129 e. The molecule has 1 aromatic carbocycles. The molecule has 1 aromatic rings. The summed E-state index contributed by atoms with van der Waals surface area (Å²) in [4.78, 5) is 2.23. The lowest BCUT2D eigenvalue weighted by molar-refractivity contribution is 0.00546. The molecule has 0 radical (unpaired) electrons. The average molecular weight is 291 g/mol. The number of hydrogen-bond donors (Lipinski definition) is 1. The Kier molecular flexibility index (Phi) is 6.12. The second kappa shape index (κ2) is 8.08.